The summed E-state index contributed by atoms with van der Waals surface area (Å²) in [6, 6.07) is 24.2. The quantitative estimate of drug-likeness (QED) is 0.534. The van der Waals surface area contributed by atoms with Crippen LogP contribution >= 0.6 is 0 Å². The zero-order valence-corrected chi connectivity index (χ0v) is 18.1. The van der Waals surface area contributed by atoms with Crippen LogP contribution in [0.25, 0.3) is 0 Å². The molecule has 0 saturated heterocycles. The number of anilines is 1. The molecule has 0 bridgehead atoms. The highest BCUT2D eigenvalue weighted by Crippen LogP contribution is 2.21. The maximum Gasteiger partial charge on any atom is 0.265 e. The molecule has 31 heavy (non-hydrogen) atoms. The summed E-state index contributed by atoms with van der Waals surface area (Å²) in [6.45, 7) is 5.66. The maximum atomic E-state index is 12.9. The highest BCUT2D eigenvalue weighted by atomic mass is 16.5. The van der Waals surface area contributed by atoms with E-state index in [1.807, 2.05) is 68.4 Å². The lowest BCUT2D eigenvalue weighted by atomic mass is 10.1. The predicted molar refractivity (Wildman–Crippen MR) is 123 cm³/mol. The number of carbonyl (C=O) groups excluding carboxylic acids is 2. The van der Waals surface area contributed by atoms with Crippen LogP contribution in [0.2, 0.25) is 0 Å². The Balaban J connectivity index is 1.69. The van der Waals surface area contributed by atoms with Crippen LogP contribution in [-0.4, -0.2) is 17.9 Å². The topological polar surface area (TPSA) is 67.4 Å². The van der Waals surface area contributed by atoms with Crippen molar-refractivity contribution in [1.29, 1.82) is 0 Å². The minimum absolute atomic E-state index is 0.162. The molecule has 3 rings (SSSR count). The molecule has 0 saturated carbocycles. The third-order valence-corrected chi connectivity index (χ3v) is 5.10. The molecule has 2 amide bonds. The third kappa shape index (κ3) is 5.72. The Hall–Kier alpha value is -3.60. The van der Waals surface area contributed by atoms with Gasteiger partial charge in [0.2, 0.25) is 0 Å². The molecule has 0 aliphatic carbocycles. The second-order valence-corrected chi connectivity index (χ2v) is 7.36. The van der Waals surface area contributed by atoms with Crippen molar-refractivity contribution in [2.75, 3.05) is 5.32 Å². The SMILES string of the molecule is CCc1ccccc1OC(C)C(=O)Nc1ccccc1C(=O)NC(C)c1ccccc1. The number of rotatable bonds is 8. The fraction of sp³-hybridized carbons (Fsp3) is 0.231. The number of nitrogens with one attached hydrogen (secondary N) is 2. The Labute approximate surface area is 183 Å². The van der Waals surface area contributed by atoms with E-state index >= 15 is 0 Å². The lowest BCUT2D eigenvalue weighted by Crippen LogP contribution is -2.32. The van der Waals surface area contributed by atoms with Gasteiger partial charge in [-0.05, 0) is 49.6 Å². The summed E-state index contributed by atoms with van der Waals surface area (Å²) in [5.41, 5.74) is 2.90. The predicted octanol–water partition coefficient (Wildman–Crippen LogP) is 5.15. The van der Waals surface area contributed by atoms with E-state index in [0.29, 0.717) is 17.0 Å². The van der Waals surface area contributed by atoms with E-state index in [0.717, 1.165) is 17.5 Å². The number of hydrogen-bond acceptors (Lipinski definition) is 3. The van der Waals surface area contributed by atoms with Crippen molar-refractivity contribution in [2.24, 2.45) is 0 Å². The van der Waals surface area contributed by atoms with E-state index < -0.39 is 6.10 Å². The lowest BCUT2D eigenvalue weighted by molar-refractivity contribution is -0.122. The van der Waals surface area contributed by atoms with Crippen molar-refractivity contribution in [3.05, 3.63) is 95.6 Å². The van der Waals surface area contributed by atoms with Gasteiger partial charge in [0.1, 0.15) is 5.75 Å². The van der Waals surface area contributed by atoms with Crippen LogP contribution < -0.4 is 15.4 Å². The fourth-order valence-electron chi connectivity index (χ4n) is 3.28. The zero-order chi connectivity index (χ0) is 22.2. The minimum Gasteiger partial charge on any atom is -0.481 e. The van der Waals surface area contributed by atoms with Gasteiger partial charge in [0, 0.05) is 0 Å². The van der Waals surface area contributed by atoms with E-state index in [1.165, 1.54) is 0 Å². The first-order valence-electron chi connectivity index (χ1n) is 10.5. The van der Waals surface area contributed by atoms with E-state index in [4.69, 9.17) is 4.74 Å². The largest absolute Gasteiger partial charge is 0.481 e. The maximum absolute atomic E-state index is 12.9. The molecule has 0 radical (unpaired) electrons. The molecule has 5 heteroatoms. The van der Waals surface area contributed by atoms with Crippen LogP contribution in [0.5, 0.6) is 5.75 Å². The molecule has 3 aromatic carbocycles. The Morgan fingerprint density at radius 3 is 2.26 bits per heavy atom. The molecule has 160 valence electrons. The van der Waals surface area contributed by atoms with Gasteiger partial charge in [-0.2, -0.15) is 0 Å². The fourth-order valence-corrected chi connectivity index (χ4v) is 3.28. The molecule has 0 aliphatic heterocycles. The standard InChI is InChI=1S/C26H28N2O3/c1-4-20-12-8-11-17-24(20)31-19(3)25(29)28-23-16-10-9-15-22(23)26(30)27-18(2)21-13-6-5-7-14-21/h5-19H,4H2,1-3H3,(H,27,30)(H,28,29). The van der Waals surface area contributed by atoms with E-state index in [-0.39, 0.29) is 17.9 Å². The summed E-state index contributed by atoms with van der Waals surface area (Å²) in [4.78, 5) is 25.6. The van der Waals surface area contributed by atoms with Crippen molar-refractivity contribution < 1.29 is 14.3 Å². The number of aryl methyl sites for hydroxylation is 1. The van der Waals surface area contributed by atoms with Crippen LogP contribution in [-0.2, 0) is 11.2 Å². The monoisotopic (exact) mass is 416 g/mol. The van der Waals surface area contributed by atoms with Gasteiger partial charge < -0.3 is 15.4 Å². The molecular formula is C26H28N2O3. The van der Waals surface area contributed by atoms with Crippen molar-refractivity contribution in [1.82, 2.24) is 5.32 Å². The first-order valence-corrected chi connectivity index (χ1v) is 10.5. The average molecular weight is 417 g/mol. The van der Waals surface area contributed by atoms with Gasteiger partial charge in [-0.15, -0.1) is 0 Å². The van der Waals surface area contributed by atoms with Gasteiger partial charge in [0.25, 0.3) is 11.8 Å². The summed E-state index contributed by atoms with van der Waals surface area (Å²) in [6.07, 6.45) is 0.0969. The Kier molecular flexibility index (Phi) is 7.44. The lowest BCUT2D eigenvalue weighted by Gasteiger charge is -2.19. The molecular weight excluding hydrogens is 388 g/mol. The average Bonchev–Trinajstić information content (AvgIpc) is 2.80. The van der Waals surface area contributed by atoms with Gasteiger partial charge in [-0.1, -0.05) is 67.6 Å². The number of amides is 2. The Bertz CT molecular complexity index is 1030. The van der Waals surface area contributed by atoms with Crippen molar-refractivity contribution >= 4 is 17.5 Å². The van der Waals surface area contributed by atoms with Gasteiger partial charge in [-0.3, -0.25) is 9.59 Å². The molecule has 0 fully saturated rings. The summed E-state index contributed by atoms with van der Waals surface area (Å²) in [5.74, 6) is 0.120. The Morgan fingerprint density at radius 1 is 0.871 bits per heavy atom. The minimum atomic E-state index is -0.716. The molecule has 0 heterocycles. The van der Waals surface area contributed by atoms with Crippen LogP contribution in [0.3, 0.4) is 0 Å². The zero-order valence-electron chi connectivity index (χ0n) is 18.1. The number of ether oxygens (including phenoxy) is 1. The van der Waals surface area contributed by atoms with E-state index in [9.17, 15) is 9.59 Å². The van der Waals surface area contributed by atoms with Gasteiger partial charge in [0.05, 0.1) is 17.3 Å². The number of benzene rings is 3. The highest BCUT2D eigenvalue weighted by Gasteiger charge is 2.20. The van der Waals surface area contributed by atoms with Gasteiger partial charge in [-0.25, -0.2) is 0 Å². The van der Waals surface area contributed by atoms with E-state index in [1.54, 1.807) is 31.2 Å². The van der Waals surface area contributed by atoms with E-state index in [2.05, 4.69) is 10.6 Å². The normalized spacial score (nSPS) is 12.5. The number of hydrogen-bond donors (Lipinski definition) is 2. The Morgan fingerprint density at radius 2 is 1.52 bits per heavy atom. The summed E-state index contributed by atoms with van der Waals surface area (Å²) < 4.78 is 5.88. The summed E-state index contributed by atoms with van der Waals surface area (Å²) in [5, 5.41) is 5.83. The molecule has 0 spiro atoms. The smallest absolute Gasteiger partial charge is 0.265 e. The van der Waals surface area contributed by atoms with Crippen molar-refractivity contribution in [3.8, 4) is 5.75 Å². The molecule has 0 aromatic heterocycles. The van der Waals surface area contributed by atoms with Crippen molar-refractivity contribution in [2.45, 2.75) is 39.3 Å². The molecule has 5 nitrogen and oxygen atoms in total. The third-order valence-electron chi connectivity index (χ3n) is 5.10. The van der Waals surface area contributed by atoms with Crippen LogP contribution in [0.15, 0.2) is 78.9 Å². The second kappa shape index (κ2) is 10.4. The second-order valence-electron chi connectivity index (χ2n) is 7.36. The molecule has 0 aliphatic rings. The van der Waals surface area contributed by atoms with Crippen LogP contribution in [0.4, 0.5) is 5.69 Å². The first-order chi connectivity index (χ1) is 15.0. The van der Waals surface area contributed by atoms with Gasteiger partial charge >= 0.3 is 0 Å². The molecule has 2 unspecified atom stereocenters. The molecule has 2 N–H and O–H groups in total. The molecule has 2 atom stereocenters. The first kappa shape index (κ1) is 22.1. The summed E-state index contributed by atoms with van der Waals surface area (Å²) in [7, 11) is 0. The highest BCUT2D eigenvalue weighted by molar-refractivity contribution is 6.04. The van der Waals surface area contributed by atoms with Crippen LogP contribution in [0.1, 0.15) is 48.3 Å². The summed E-state index contributed by atoms with van der Waals surface area (Å²) >= 11 is 0. The van der Waals surface area contributed by atoms with Crippen molar-refractivity contribution in [3.63, 3.8) is 0 Å². The van der Waals surface area contributed by atoms with Crippen LogP contribution in [0, 0.1) is 0 Å². The number of carbonyl (C=O) groups is 2. The molecule has 3 aromatic rings. The number of para-hydroxylation sites is 2. The van der Waals surface area contributed by atoms with Gasteiger partial charge in [0.15, 0.2) is 6.10 Å².